The average Bonchev–Trinajstić information content (AvgIpc) is 2.46. The van der Waals surface area contributed by atoms with Crippen LogP contribution >= 0.6 is 11.6 Å². The molecule has 0 aliphatic carbocycles. The summed E-state index contributed by atoms with van der Waals surface area (Å²) < 4.78 is 0. The molecule has 0 aliphatic heterocycles. The zero-order chi connectivity index (χ0) is 14.4. The first-order valence-corrected chi connectivity index (χ1v) is 7.22. The van der Waals surface area contributed by atoms with Crippen molar-refractivity contribution >= 4 is 23.2 Å². The monoisotopic (exact) mass is 287 g/mol. The van der Waals surface area contributed by atoms with Gasteiger partial charge in [0.2, 0.25) is 5.91 Å². The first-order chi connectivity index (χ1) is 9.69. The zero-order valence-corrected chi connectivity index (χ0v) is 12.3. The predicted octanol–water partition coefficient (Wildman–Crippen LogP) is 4.31. The number of amides is 1. The number of hydrogen-bond donors (Lipinski definition) is 1. The van der Waals surface area contributed by atoms with Crippen molar-refractivity contribution in [2.75, 3.05) is 5.32 Å². The molecule has 1 amide bonds. The summed E-state index contributed by atoms with van der Waals surface area (Å²) in [6, 6.07) is 15.8. The number of hydrogen-bond acceptors (Lipinski definition) is 1. The molecule has 1 N–H and O–H groups in total. The van der Waals surface area contributed by atoms with Gasteiger partial charge in [0.05, 0.1) is 0 Å². The topological polar surface area (TPSA) is 29.1 Å². The van der Waals surface area contributed by atoms with Gasteiger partial charge < -0.3 is 5.32 Å². The van der Waals surface area contributed by atoms with Gasteiger partial charge in [-0.3, -0.25) is 4.79 Å². The number of rotatable bonds is 5. The first-order valence-electron chi connectivity index (χ1n) is 6.68. The van der Waals surface area contributed by atoms with Gasteiger partial charge in [-0.2, -0.15) is 0 Å². The Morgan fingerprint density at radius 3 is 2.70 bits per heavy atom. The van der Waals surface area contributed by atoms with Crippen LogP contribution in [0.15, 0.2) is 48.5 Å². The van der Waals surface area contributed by atoms with E-state index in [2.05, 4.69) is 24.4 Å². The second kappa shape index (κ2) is 7.11. The Bertz CT molecular complexity index is 595. The lowest BCUT2D eigenvalue weighted by Gasteiger charge is -2.09. The molecule has 0 radical (unpaired) electrons. The number of aryl methyl sites for hydroxylation is 2. The van der Waals surface area contributed by atoms with Gasteiger partial charge in [-0.1, -0.05) is 48.0 Å². The maximum atomic E-state index is 12.0. The highest BCUT2D eigenvalue weighted by molar-refractivity contribution is 6.17. The van der Waals surface area contributed by atoms with Crippen molar-refractivity contribution in [3.05, 3.63) is 65.2 Å². The smallest absolute Gasteiger partial charge is 0.224 e. The van der Waals surface area contributed by atoms with Gasteiger partial charge in [0, 0.05) is 18.0 Å². The van der Waals surface area contributed by atoms with E-state index in [0.29, 0.717) is 12.3 Å². The third kappa shape index (κ3) is 4.10. The molecule has 0 fully saturated rings. The second-order valence-electron chi connectivity index (χ2n) is 4.83. The van der Waals surface area contributed by atoms with Crippen LogP contribution in [0, 0.1) is 6.92 Å². The van der Waals surface area contributed by atoms with Crippen LogP contribution in [0.2, 0.25) is 0 Å². The molecule has 2 nitrogen and oxygen atoms in total. The minimum atomic E-state index is 0.0177. The molecule has 2 aromatic rings. The molecule has 104 valence electrons. The van der Waals surface area contributed by atoms with Crippen molar-refractivity contribution in [1.82, 2.24) is 0 Å². The van der Waals surface area contributed by atoms with Gasteiger partial charge in [0.1, 0.15) is 0 Å². The van der Waals surface area contributed by atoms with Crippen LogP contribution in [0.4, 0.5) is 5.69 Å². The van der Waals surface area contributed by atoms with E-state index in [9.17, 15) is 4.79 Å². The molecule has 0 bridgehead atoms. The molecule has 0 aromatic heterocycles. The van der Waals surface area contributed by atoms with E-state index in [0.717, 1.165) is 17.7 Å². The van der Waals surface area contributed by atoms with E-state index < -0.39 is 0 Å². The molecule has 0 aliphatic rings. The minimum Gasteiger partial charge on any atom is -0.326 e. The van der Waals surface area contributed by atoms with Crippen LogP contribution in [0.5, 0.6) is 0 Å². The molecule has 0 saturated carbocycles. The second-order valence-corrected chi connectivity index (χ2v) is 5.10. The Hall–Kier alpha value is -1.80. The fourth-order valence-electron chi connectivity index (χ4n) is 2.10. The molecule has 2 aromatic carbocycles. The number of halogens is 1. The summed E-state index contributed by atoms with van der Waals surface area (Å²) in [4.78, 5) is 12.0. The largest absolute Gasteiger partial charge is 0.326 e. The number of para-hydroxylation sites is 1. The highest BCUT2D eigenvalue weighted by Gasteiger charge is 2.06. The third-order valence-electron chi connectivity index (χ3n) is 3.16. The number of carbonyl (C=O) groups excluding carboxylic acids is 1. The van der Waals surface area contributed by atoms with E-state index in [1.165, 1.54) is 11.1 Å². The van der Waals surface area contributed by atoms with Crippen LogP contribution in [-0.2, 0) is 17.1 Å². The van der Waals surface area contributed by atoms with Crippen LogP contribution in [0.25, 0.3) is 0 Å². The van der Waals surface area contributed by atoms with Crippen LogP contribution < -0.4 is 5.32 Å². The van der Waals surface area contributed by atoms with E-state index >= 15 is 0 Å². The molecule has 0 unspecified atom stereocenters. The number of alkyl halides is 1. The van der Waals surface area contributed by atoms with Crippen LogP contribution in [-0.4, -0.2) is 5.91 Å². The van der Waals surface area contributed by atoms with E-state index in [-0.39, 0.29) is 5.91 Å². The molecule has 0 atom stereocenters. The Morgan fingerprint density at radius 1 is 1.15 bits per heavy atom. The lowest BCUT2D eigenvalue weighted by atomic mass is 10.1. The highest BCUT2D eigenvalue weighted by atomic mass is 35.5. The van der Waals surface area contributed by atoms with Crippen molar-refractivity contribution in [1.29, 1.82) is 0 Å². The third-order valence-corrected chi connectivity index (χ3v) is 3.45. The van der Waals surface area contributed by atoms with Gasteiger partial charge in [-0.05, 0) is 30.5 Å². The van der Waals surface area contributed by atoms with Gasteiger partial charge >= 0.3 is 0 Å². The number of nitrogens with one attached hydrogen (secondary N) is 1. The molecule has 0 spiro atoms. The van der Waals surface area contributed by atoms with Gasteiger partial charge in [0.15, 0.2) is 0 Å². The lowest BCUT2D eigenvalue weighted by Crippen LogP contribution is -2.13. The summed E-state index contributed by atoms with van der Waals surface area (Å²) in [6.07, 6.45) is 1.22. The van der Waals surface area contributed by atoms with Crippen molar-refractivity contribution in [2.45, 2.75) is 25.6 Å². The summed E-state index contributed by atoms with van der Waals surface area (Å²) in [5, 5.41) is 2.92. The Kier molecular flexibility index (Phi) is 5.19. The van der Waals surface area contributed by atoms with Crippen LogP contribution in [0.3, 0.4) is 0 Å². The summed E-state index contributed by atoms with van der Waals surface area (Å²) in [6.45, 7) is 2.06. The highest BCUT2D eigenvalue weighted by Crippen LogP contribution is 2.17. The summed E-state index contributed by atoms with van der Waals surface area (Å²) in [5.41, 5.74) is 4.15. The quantitative estimate of drug-likeness (QED) is 0.816. The van der Waals surface area contributed by atoms with Crippen molar-refractivity contribution < 1.29 is 4.79 Å². The number of carbonyl (C=O) groups is 1. The van der Waals surface area contributed by atoms with Crippen molar-refractivity contribution in [3.63, 3.8) is 0 Å². The molecular formula is C17H18ClNO. The fraction of sp³-hybridized carbons (Fsp3) is 0.235. The standard InChI is InChI=1S/C17H18ClNO/c1-13-5-4-6-14(11-13)9-10-17(20)19-16-8-3-2-7-15(16)12-18/h2-8,11H,9-10,12H2,1H3,(H,19,20). The van der Waals surface area contributed by atoms with E-state index in [1.54, 1.807) is 0 Å². The Balaban J connectivity index is 1.93. The fourth-order valence-corrected chi connectivity index (χ4v) is 2.33. The predicted molar refractivity (Wildman–Crippen MR) is 84.1 cm³/mol. The van der Waals surface area contributed by atoms with Gasteiger partial charge in [-0.25, -0.2) is 0 Å². The van der Waals surface area contributed by atoms with E-state index in [4.69, 9.17) is 11.6 Å². The SMILES string of the molecule is Cc1cccc(CCC(=O)Nc2ccccc2CCl)c1. The lowest BCUT2D eigenvalue weighted by molar-refractivity contribution is -0.116. The Labute approximate surface area is 124 Å². The first kappa shape index (κ1) is 14.6. The molecule has 2 rings (SSSR count). The van der Waals surface area contributed by atoms with E-state index in [1.807, 2.05) is 36.4 Å². The summed E-state index contributed by atoms with van der Waals surface area (Å²) in [7, 11) is 0. The maximum Gasteiger partial charge on any atom is 0.224 e. The number of anilines is 1. The normalized spacial score (nSPS) is 10.3. The van der Waals surface area contributed by atoms with Gasteiger partial charge in [-0.15, -0.1) is 11.6 Å². The minimum absolute atomic E-state index is 0.0177. The van der Waals surface area contributed by atoms with Crippen molar-refractivity contribution in [2.24, 2.45) is 0 Å². The summed E-state index contributed by atoms with van der Waals surface area (Å²) in [5.74, 6) is 0.415. The molecular weight excluding hydrogens is 270 g/mol. The van der Waals surface area contributed by atoms with Gasteiger partial charge in [0.25, 0.3) is 0 Å². The van der Waals surface area contributed by atoms with Crippen molar-refractivity contribution in [3.8, 4) is 0 Å². The zero-order valence-electron chi connectivity index (χ0n) is 11.5. The maximum absolute atomic E-state index is 12.0. The molecule has 0 saturated heterocycles. The Morgan fingerprint density at radius 2 is 1.95 bits per heavy atom. The average molecular weight is 288 g/mol. The molecule has 20 heavy (non-hydrogen) atoms. The molecule has 3 heteroatoms. The summed E-state index contributed by atoms with van der Waals surface area (Å²) >= 11 is 5.85. The van der Waals surface area contributed by atoms with Crippen LogP contribution in [0.1, 0.15) is 23.1 Å². The number of benzene rings is 2. The molecule has 0 heterocycles.